The molecule has 1 aromatic heterocycles. The number of aromatic nitrogens is 2. The van der Waals surface area contributed by atoms with Crippen molar-refractivity contribution in [2.75, 3.05) is 37.6 Å². The summed E-state index contributed by atoms with van der Waals surface area (Å²) in [5, 5.41) is 0. The van der Waals surface area contributed by atoms with E-state index in [4.69, 9.17) is 4.74 Å². The summed E-state index contributed by atoms with van der Waals surface area (Å²) < 4.78 is 20.8. The molecular formula is C38H52FN5O3. The number of anilines is 1. The van der Waals surface area contributed by atoms with E-state index in [1.54, 1.807) is 18.6 Å². The number of hydrogen-bond acceptors (Lipinski definition) is 7. The van der Waals surface area contributed by atoms with Crippen molar-refractivity contribution < 1.29 is 18.7 Å². The predicted octanol–water partition coefficient (Wildman–Crippen LogP) is 7.28. The van der Waals surface area contributed by atoms with Crippen LogP contribution in [0.3, 0.4) is 0 Å². The molecule has 254 valence electrons. The lowest BCUT2D eigenvalue weighted by atomic mass is 9.67. The van der Waals surface area contributed by atoms with Crippen LogP contribution in [0.15, 0.2) is 30.7 Å². The van der Waals surface area contributed by atoms with Gasteiger partial charge in [0.1, 0.15) is 23.7 Å². The van der Waals surface area contributed by atoms with Crippen molar-refractivity contribution >= 4 is 17.5 Å². The molecule has 0 radical (unpaired) electrons. The number of ketones is 1. The van der Waals surface area contributed by atoms with Gasteiger partial charge < -0.3 is 19.4 Å². The lowest BCUT2D eigenvalue weighted by Gasteiger charge is -2.55. The predicted molar refractivity (Wildman–Crippen MR) is 180 cm³/mol. The first kappa shape index (κ1) is 32.5. The highest BCUT2D eigenvalue weighted by atomic mass is 19.1. The molecule has 3 aliphatic carbocycles. The maximum atomic E-state index is 14.5. The summed E-state index contributed by atoms with van der Waals surface area (Å²) in [5.74, 6) is 2.11. The maximum absolute atomic E-state index is 14.5. The number of piperidine rings is 1. The van der Waals surface area contributed by atoms with Gasteiger partial charge in [0.25, 0.3) is 5.91 Å². The highest BCUT2D eigenvalue weighted by Gasteiger charge is 2.51. The van der Waals surface area contributed by atoms with E-state index in [-0.39, 0.29) is 39.8 Å². The van der Waals surface area contributed by atoms with Gasteiger partial charge in [0.05, 0.1) is 11.8 Å². The van der Waals surface area contributed by atoms with E-state index >= 15 is 0 Å². The number of nitrogens with zero attached hydrogens (tertiary/aromatic N) is 5. The molecule has 9 heteroatoms. The SMILES string of the molecule is CC(C)N(C(=O)c1cc(F)ccc1Oc1cncnc1N1CC2(CCN(CC3CCC4(CC3)CC(=O)C(C)(C)C4)CC2)C1)C1CCC1. The number of benzene rings is 1. The standard InChI is InChI=1S/C38H52FN5O3/c1-26(2)44(29-6-5-7-29)35(46)30-18-28(39)8-9-31(30)47-32-20-40-25-41-34(32)43-23-38(24-43)14-16-42(17-15-38)21-27-10-12-37(13-11-27)19-33(45)36(3,4)22-37/h8-9,18,20,25-27,29H,5-7,10-17,19,21-24H2,1-4H3. The molecule has 47 heavy (non-hydrogen) atoms. The largest absolute Gasteiger partial charge is 0.451 e. The van der Waals surface area contributed by atoms with Gasteiger partial charge in [0.2, 0.25) is 0 Å². The van der Waals surface area contributed by atoms with Crippen LogP contribution in [0.4, 0.5) is 10.2 Å². The van der Waals surface area contributed by atoms with Gasteiger partial charge in [-0.15, -0.1) is 0 Å². The number of rotatable bonds is 8. The number of Topliss-reactive ketones (excluding diaryl/α,β-unsaturated/α-hetero) is 1. The number of halogens is 1. The van der Waals surface area contributed by atoms with Crippen LogP contribution in [0, 0.1) is 28.0 Å². The van der Waals surface area contributed by atoms with Crippen LogP contribution in [0.5, 0.6) is 11.5 Å². The molecule has 3 saturated carbocycles. The average molecular weight is 646 g/mol. The molecule has 2 aliphatic heterocycles. The molecule has 3 heterocycles. The highest BCUT2D eigenvalue weighted by Crippen LogP contribution is 2.55. The van der Waals surface area contributed by atoms with E-state index in [1.165, 1.54) is 57.2 Å². The summed E-state index contributed by atoms with van der Waals surface area (Å²) in [6.07, 6.45) is 15.4. The number of amides is 1. The Kier molecular flexibility index (Phi) is 8.59. The fourth-order valence-electron chi connectivity index (χ4n) is 9.43. The van der Waals surface area contributed by atoms with E-state index < -0.39 is 5.82 Å². The second-order valence-corrected chi connectivity index (χ2v) is 16.6. The Morgan fingerprint density at radius 1 is 1.04 bits per heavy atom. The summed E-state index contributed by atoms with van der Waals surface area (Å²) in [7, 11) is 0. The quantitative estimate of drug-likeness (QED) is 0.299. The molecule has 0 atom stereocenters. The van der Waals surface area contributed by atoms with Crippen molar-refractivity contribution in [1.29, 1.82) is 0 Å². The Morgan fingerprint density at radius 3 is 2.38 bits per heavy atom. The van der Waals surface area contributed by atoms with Crippen LogP contribution in [0.25, 0.3) is 0 Å². The third kappa shape index (κ3) is 6.41. The van der Waals surface area contributed by atoms with Gasteiger partial charge in [-0.2, -0.15) is 0 Å². The first-order valence-electron chi connectivity index (χ1n) is 18.1. The Hall–Kier alpha value is -3.07. The molecule has 0 bridgehead atoms. The molecule has 7 rings (SSSR count). The van der Waals surface area contributed by atoms with Crippen LogP contribution < -0.4 is 9.64 Å². The van der Waals surface area contributed by atoms with Crippen LogP contribution >= 0.6 is 0 Å². The van der Waals surface area contributed by atoms with Crippen LogP contribution in [0.1, 0.15) is 109 Å². The number of likely N-dealkylation sites (tertiary alicyclic amines) is 1. The summed E-state index contributed by atoms with van der Waals surface area (Å²) in [4.78, 5) is 41.9. The van der Waals surface area contributed by atoms with Crippen LogP contribution in [-0.4, -0.2) is 76.3 Å². The first-order chi connectivity index (χ1) is 22.4. The zero-order chi connectivity index (χ0) is 33.0. The zero-order valence-electron chi connectivity index (χ0n) is 28.8. The summed E-state index contributed by atoms with van der Waals surface area (Å²) in [6.45, 7) is 13.6. The topological polar surface area (TPSA) is 78.9 Å². The fraction of sp³-hybridized carbons (Fsp3) is 0.684. The molecule has 5 fully saturated rings. The Labute approximate surface area is 279 Å². The normalized spacial score (nSPS) is 27.2. The second kappa shape index (κ2) is 12.4. The zero-order valence-corrected chi connectivity index (χ0v) is 28.8. The third-order valence-corrected chi connectivity index (χ3v) is 12.4. The monoisotopic (exact) mass is 645 g/mol. The number of carbonyl (C=O) groups is 2. The molecular weight excluding hydrogens is 593 g/mol. The van der Waals surface area contributed by atoms with Crippen LogP contribution in [0.2, 0.25) is 0 Å². The molecule has 5 aliphatic rings. The van der Waals surface area contributed by atoms with Crippen molar-refractivity contribution in [1.82, 2.24) is 19.8 Å². The van der Waals surface area contributed by atoms with Crippen molar-refractivity contribution in [2.24, 2.45) is 22.2 Å². The van der Waals surface area contributed by atoms with E-state index in [9.17, 15) is 14.0 Å². The fourth-order valence-corrected chi connectivity index (χ4v) is 9.43. The second-order valence-electron chi connectivity index (χ2n) is 16.6. The highest BCUT2D eigenvalue weighted by molar-refractivity contribution is 5.97. The molecule has 0 unspecified atom stereocenters. The molecule has 2 saturated heterocycles. The summed E-state index contributed by atoms with van der Waals surface area (Å²) >= 11 is 0. The Bertz CT molecular complexity index is 1480. The molecule has 1 aromatic carbocycles. The summed E-state index contributed by atoms with van der Waals surface area (Å²) in [5.41, 5.74) is 0.668. The number of carbonyl (C=O) groups excluding carboxylic acids is 2. The molecule has 0 N–H and O–H groups in total. The minimum atomic E-state index is -0.458. The van der Waals surface area contributed by atoms with E-state index in [2.05, 4.69) is 33.6 Å². The smallest absolute Gasteiger partial charge is 0.258 e. The lowest BCUT2D eigenvalue weighted by molar-refractivity contribution is -0.124. The minimum absolute atomic E-state index is 0.00881. The molecule has 2 spiro atoms. The molecule has 2 aromatic rings. The van der Waals surface area contributed by atoms with Gasteiger partial charge in [0, 0.05) is 49.0 Å². The minimum Gasteiger partial charge on any atom is -0.451 e. The number of ether oxygens (including phenoxy) is 1. The molecule has 1 amide bonds. The third-order valence-electron chi connectivity index (χ3n) is 12.4. The summed E-state index contributed by atoms with van der Waals surface area (Å²) in [6, 6.07) is 4.38. The Balaban J connectivity index is 0.949. The number of hydrogen-bond donors (Lipinski definition) is 0. The van der Waals surface area contributed by atoms with Gasteiger partial charge in [-0.1, -0.05) is 13.8 Å². The van der Waals surface area contributed by atoms with E-state index in [1.807, 2.05) is 18.7 Å². The van der Waals surface area contributed by atoms with Crippen molar-refractivity contribution in [3.05, 3.63) is 42.1 Å². The lowest BCUT2D eigenvalue weighted by Crippen LogP contribution is -2.61. The first-order valence-corrected chi connectivity index (χ1v) is 18.1. The van der Waals surface area contributed by atoms with Crippen molar-refractivity contribution in [3.63, 3.8) is 0 Å². The van der Waals surface area contributed by atoms with Gasteiger partial charge >= 0.3 is 0 Å². The van der Waals surface area contributed by atoms with E-state index in [0.29, 0.717) is 17.3 Å². The molecule has 8 nitrogen and oxygen atoms in total. The van der Waals surface area contributed by atoms with Gasteiger partial charge in [-0.25, -0.2) is 14.4 Å². The Morgan fingerprint density at radius 2 is 1.77 bits per heavy atom. The van der Waals surface area contributed by atoms with E-state index in [0.717, 1.165) is 70.0 Å². The van der Waals surface area contributed by atoms with Gasteiger partial charge in [0.15, 0.2) is 11.6 Å². The van der Waals surface area contributed by atoms with Crippen molar-refractivity contribution in [2.45, 2.75) is 110 Å². The van der Waals surface area contributed by atoms with Gasteiger partial charge in [-0.05, 0) is 121 Å². The maximum Gasteiger partial charge on any atom is 0.258 e. The van der Waals surface area contributed by atoms with Crippen LogP contribution in [-0.2, 0) is 4.79 Å². The average Bonchev–Trinajstić information content (AvgIpc) is 3.23. The van der Waals surface area contributed by atoms with Crippen molar-refractivity contribution in [3.8, 4) is 11.5 Å². The van der Waals surface area contributed by atoms with Gasteiger partial charge in [-0.3, -0.25) is 9.59 Å².